The largest absolute Gasteiger partial charge is 0.495 e. The van der Waals surface area contributed by atoms with E-state index in [-0.39, 0.29) is 28.6 Å². The van der Waals surface area contributed by atoms with E-state index in [1.807, 2.05) is 0 Å². The van der Waals surface area contributed by atoms with Crippen molar-refractivity contribution >= 4 is 44.9 Å². The lowest BCUT2D eigenvalue weighted by Gasteiger charge is -2.29. The van der Waals surface area contributed by atoms with E-state index in [4.69, 9.17) is 21.1 Å². The number of rotatable bonds is 8. The minimum Gasteiger partial charge on any atom is -0.495 e. The summed E-state index contributed by atoms with van der Waals surface area (Å²) in [5.74, 6) is -0.889. The molecule has 2 aromatic rings. The topological polar surface area (TPSA) is 102 Å². The molecule has 1 amide bonds. The predicted molar refractivity (Wildman–Crippen MR) is 116 cm³/mol. The molecule has 10 heteroatoms. The number of halogens is 1. The highest BCUT2D eigenvalue weighted by molar-refractivity contribution is 7.92. The molecule has 0 saturated heterocycles. The number of esters is 1. The molecule has 0 saturated carbocycles. The third-order valence-corrected chi connectivity index (χ3v) is 5.57. The van der Waals surface area contributed by atoms with Crippen LogP contribution in [0.25, 0.3) is 0 Å². The number of hydrogen-bond donors (Lipinski definition) is 1. The van der Waals surface area contributed by atoms with Crippen molar-refractivity contribution in [3.05, 3.63) is 53.1 Å². The predicted octanol–water partition coefficient (Wildman–Crippen LogP) is 3.32. The van der Waals surface area contributed by atoms with Crippen molar-refractivity contribution in [2.24, 2.45) is 0 Å². The summed E-state index contributed by atoms with van der Waals surface area (Å²) in [5, 5.41) is 2.91. The second-order valence-corrected chi connectivity index (χ2v) is 8.64. The van der Waals surface area contributed by atoms with Crippen LogP contribution in [-0.2, 0) is 19.6 Å². The molecule has 2 rings (SSSR count). The molecule has 1 atom stereocenters. The van der Waals surface area contributed by atoms with Gasteiger partial charge in [0.05, 0.1) is 31.2 Å². The van der Waals surface area contributed by atoms with Crippen molar-refractivity contribution < 1.29 is 27.5 Å². The van der Waals surface area contributed by atoms with Crippen molar-refractivity contribution in [1.82, 2.24) is 0 Å². The fourth-order valence-corrected chi connectivity index (χ4v) is 4.14. The maximum atomic E-state index is 12.9. The number of nitrogens with one attached hydrogen (secondary N) is 1. The summed E-state index contributed by atoms with van der Waals surface area (Å²) in [4.78, 5) is 24.8. The molecule has 0 aliphatic heterocycles. The Hall–Kier alpha value is -2.78. The van der Waals surface area contributed by atoms with E-state index >= 15 is 0 Å². The Labute approximate surface area is 180 Å². The summed E-state index contributed by atoms with van der Waals surface area (Å²) in [6.07, 6.45) is 0.985. The molecule has 0 aliphatic rings. The maximum absolute atomic E-state index is 12.9. The molecule has 0 heterocycles. The van der Waals surface area contributed by atoms with Crippen LogP contribution in [0.15, 0.2) is 42.5 Å². The van der Waals surface area contributed by atoms with Gasteiger partial charge in [-0.1, -0.05) is 17.7 Å². The Morgan fingerprint density at radius 3 is 2.50 bits per heavy atom. The van der Waals surface area contributed by atoms with Crippen molar-refractivity contribution in [1.29, 1.82) is 0 Å². The summed E-state index contributed by atoms with van der Waals surface area (Å²) in [5.41, 5.74) is 0.720. The molecule has 162 valence electrons. The van der Waals surface area contributed by atoms with Gasteiger partial charge in [0.2, 0.25) is 15.9 Å². The number of ether oxygens (including phenoxy) is 2. The Balaban J connectivity index is 2.35. The highest BCUT2D eigenvalue weighted by Gasteiger charge is 2.31. The highest BCUT2D eigenvalue weighted by atomic mass is 35.5. The van der Waals surface area contributed by atoms with E-state index in [0.29, 0.717) is 5.69 Å². The molecular weight excluding hydrogens is 432 g/mol. The smallest absolute Gasteiger partial charge is 0.338 e. The third-order valence-electron chi connectivity index (χ3n) is 4.11. The molecule has 0 fully saturated rings. The van der Waals surface area contributed by atoms with E-state index in [1.165, 1.54) is 32.2 Å². The fourth-order valence-electron chi connectivity index (χ4n) is 2.80. The van der Waals surface area contributed by atoms with Crippen LogP contribution in [-0.4, -0.2) is 46.3 Å². The normalized spacial score (nSPS) is 12.0. The summed E-state index contributed by atoms with van der Waals surface area (Å²) >= 11 is 6.03. The zero-order valence-corrected chi connectivity index (χ0v) is 18.6. The molecule has 30 heavy (non-hydrogen) atoms. The zero-order valence-electron chi connectivity index (χ0n) is 17.0. The van der Waals surface area contributed by atoms with Gasteiger partial charge in [0.1, 0.15) is 11.8 Å². The lowest BCUT2D eigenvalue weighted by atomic mass is 10.2. The summed E-state index contributed by atoms with van der Waals surface area (Å²) in [7, 11) is -2.49. The molecular formula is C20H23ClN2O6S. The first-order chi connectivity index (χ1) is 14.1. The SMILES string of the molecule is CCOC(=O)c1cccc(NC(=O)[C@@H](C)N(c2cc(Cl)ccc2OC)S(C)(=O)=O)c1. The Kier molecular flexibility index (Phi) is 7.69. The number of anilines is 2. The van der Waals surface area contributed by atoms with Gasteiger partial charge in [0, 0.05) is 10.7 Å². The first-order valence-electron chi connectivity index (χ1n) is 8.99. The molecule has 0 aliphatic carbocycles. The average molecular weight is 455 g/mol. The van der Waals surface area contributed by atoms with Crippen LogP contribution in [0.4, 0.5) is 11.4 Å². The molecule has 0 aromatic heterocycles. The van der Waals surface area contributed by atoms with Crippen LogP contribution in [0.2, 0.25) is 5.02 Å². The van der Waals surface area contributed by atoms with Crippen molar-refractivity contribution in [3.63, 3.8) is 0 Å². The van der Waals surface area contributed by atoms with Gasteiger partial charge in [0.15, 0.2) is 0 Å². The lowest BCUT2D eigenvalue weighted by Crippen LogP contribution is -2.45. The van der Waals surface area contributed by atoms with Crippen molar-refractivity contribution in [2.45, 2.75) is 19.9 Å². The summed E-state index contributed by atoms with van der Waals surface area (Å²) in [6, 6.07) is 9.51. The monoisotopic (exact) mass is 454 g/mol. The number of sulfonamides is 1. The molecule has 0 radical (unpaired) electrons. The molecule has 0 spiro atoms. The number of carbonyl (C=O) groups excluding carboxylic acids is 2. The second kappa shape index (κ2) is 9.82. The quantitative estimate of drug-likeness (QED) is 0.614. The standard InChI is InChI=1S/C20H23ClN2O6S/c1-5-29-20(25)14-7-6-8-16(11-14)22-19(24)13(2)23(30(4,26)27)17-12-15(21)9-10-18(17)28-3/h6-13H,5H2,1-4H3,(H,22,24)/t13-/m1/s1. The Bertz CT molecular complexity index is 1040. The van der Waals surface area contributed by atoms with Gasteiger partial charge < -0.3 is 14.8 Å². The van der Waals surface area contributed by atoms with Gasteiger partial charge in [-0.25, -0.2) is 13.2 Å². The lowest BCUT2D eigenvalue weighted by molar-refractivity contribution is -0.116. The summed E-state index contributed by atoms with van der Waals surface area (Å²) < 4.78 is 36.1. The van der Waals surface area contributed by atoms with Gasteiger partial charge >= 0.3 is 5.97 Å². The number of benzene rings is 2. The van der Waals surface area contributed by atoms with Crippen LogP contribution >= 0.6 is 11.6 Å². The van der Waals surface area contributed by atoms with Crippen LogP contribution < -0.4 is 14.4 Å². The number of amides is 1. The van der Waals surface area contributed by atoms with Crippen molar-refractivity contribution in [2.75, 3.05) is 29.6 Å². The molecule has 0 bridgehead atoms. The molecule has 8 nitrogen and oxygen atoms in total. The Morgan fingerprint density at radius 1 is 1.20 bits per heavy atom. The van der Waals surface area contributed by atoms with Crippen molar-refractivity contribution in [3.8, 4) is 5.75 Å². The van der Waals surface area contributed by atoms with E-state index in [2.05, 4.69) is 5.32 Å². The minimum absolute atomic E-state index is 0.135. The number of methoxy groups -OCH3 is 1. The van der Waals surface area contributed by atoms with E-state index < -0.39 is 27.9 Å². The van der Waals surface area contributed by atoms with Gasteiger partial charge in [-0.3, -0.25) is 9.10 Å². The van der Waals surface area contributed by atoms with Crippen LogP contribution in [0.3, 0.4) is 0 Å². The summed E-state index contributed by atoms with van der Waals surface area (Å²) in [6.45, 7) is 3.35. The Morgan fingerprint density at radius 2 is 1.90 bits per heavy atom. The van der Waals surface area contributed by atoms with E-state index in [9.17, 15) is 18.0 Å². The zero-order chi connectivity index (χ0) is 22.5. The van der Waals surface area contributed by atoms with Crippen LogP contribution in [0.5, 0.6) is 5.75 Å². The number of nitrogens with zero attached hydrogens (tertiary/aromatic N) is 1. The van der Waals surface area contributed by atoms with E-state index in [1.54, 1.807) is 31.2 Å². The number of carbonyl (C=O) groups is 2. The first-order valence-corrected chi connectivity index (χ1v) is 11.2. The average Bonchev–Trinajstić information content (AvgIpc) is 2.67. The van der Waals surface area contributed by atoms with Gasteiger partial charge in [-0.05, 0) is 50.2 Å². The highest BCUT2D eigenvalue weighted by Crippen LogP contribution is 2.34. The minimum atomic E-state index is -3.87. The van der Waals surface area contributed by atoms with Crippen LogP contribution in [0, 0.1) is 0 Å². The van der Waals surface area contributed by atoms with Gasteiger partial charge in [-0.15, -0.1) is 0 Å². The first kappa shape index (κ1) is 23.5. The number of hydrogen-bond acceptors (Lipinski definition) is 6. The maximum Gasteiger partial charge on any atom is 0.338 e. The van der Waals surface area contributed by atoms with Gasteiger partial charge in [0.25, 0.3) is 0 Å². The van der Waals surface area contributed by atoms with Gasteiger partial charge in [-0.2, -0.15) is 0 Å². The van der Waals surface area contributed by atoms with Crippen LogP contribution in [0.1, 0.15) is 24.2 Å². The molecule has 1 N–H and O–H groups in total. The third kappa shape index (κ3) is 5.64. The fraction of sp³-hybridized carbons (Fsp3) is 0.300. The second-order valence-electron chi connectivity index (χ2n) is 6.34. The van der Waals surface area contributed by atoms with E-state index in [0.717, 1.165) is 10.6 Å². The molecule has 0 unspecified atom stereocenters. The molecule has 2 aromatic carbocycles.